The summed E-state index contributed by atoms with van der Waals surface area (Å²) in [6, 6.07) is 12.4. The summed E-state index contributed by atoms with van der Waals surface area (Å²) in [5, 5.41) is 3.31. The maximum Gasteiger partial charge on any atom is 0.130 e. The van der Waals surface area contributed by atoms with Crippen LogP contribution in [-0.4, -0.2) is 4.98 Å². The molecular formula is C14H16N2. The number of nitrogens with one attached hydrogen (secondary N) is 1. The molecule has 0 bridgehead atoms. The highest BCUT2D eigenvalue weighted by Gasteiger charge is 1.97. The van der Waals surface area contributed by atoms with Crippen molar-refractivity contribution < 1.29 is 0 Å². The van der Waals surface area contributed by atoms with Crippen LogP contribution in [0.2, 0.25) is 0 Å². The molecule has 0 spiro atoms. The first-order valence-corrected chi connectivity index (χ1v) is 5.56. The highest BCUT2D eigenvalue weighted by Crippen LogP contribution is 2.16. The van der Waals surface area contributed by atoms with E-state index in [0.717, 1.165) is 17.9 Å². The van der Waals surface area contributed by atoms with Crippen molar-refractivity contribution in [1.82, 2.24) is 4.98 Å². The van der Waals surface area contributed by atoms with Crippen LogP contribution in [0.5, 0.6) is 0 Å². The van der Waals surface area contributed by atoms with E-state index in [1.807, 2.05) is 18.3 Å². The summed E-state index contributed by atoms with van der Waals surface area (Å²) in [6.07, 6.45) is 2.87. The van der Waals surface area contributed by atoms with E-state index in [1.54, 1.807) is 0 Å². The number of pyridine rings is 1. The van der Waals surface area contributed by atoms with Gasteiger partial charge >= 0.3 is 0 Å². The largest absolute Gasteiger partial charge is 0.340 e. The number of hydrogen-bond acceptors (Lipinski definition) is 2. The lowest BCUT2D eigenvalue weighted by Crippen LogP contribution is -1.94. The summed E-state index contributed by atoms with van der Waals surface area (Å²) in [4.78, 5) is 4.28. The smallest absolute Gasteiger partial charge is 0.130 e. The average molecular weight is 212 g/mol. The Morgan fingerprint density at radius 2 is 2.06 bits per heavy atom. The number of hydrogen-bond donors (Lipinski definition) is 1. The van der Waals surface area contributed by atoms with E-state index in [9.17, 15) is 0 Å². The first kappa shape index (κ1) is 10.7. The van der Waals surface area contributed by atoms with Gasteiger partial charge in [-0.2, -0.15) is 0 Å². The molecule has 0 amide bonds. The highest BCUT2D eigenvalue weighted by atomic mass is 15.0. The van der Waals surface area contributed by atoms with Crippen LogP contribution in [-0.2, 0) is 6.42 Å². The Hall–Kier alpha value is -1.83. The van der Waals surface area contributed by atoms with Gasteiger partial charge in [0, 0.05) is 11.9 Å². The van der Waals surface area contributed by atoms with Crippen molar-refractivity contribution in [2.24, 2.45) is 0 Å². The molecule has 0 fully saturated rings. The van der Waals surface area contributed by atoms with Gasteiger partial charge in [-0.25, -0.2) is 4.98 Å². The first-order valence-electron chi connectivity index (χ1n) is 5.56. The molecule has 0 saturated carbocycles. The van der Waals surface area contributed by atoms with Crippen LogP contribution in [0.25, 0.3) is 0 Å². The molecule has 16 heavy (non-hydrogen) atoms. The summed E-state index contributed by atoms with van der Waals surface area (Å²) in [5.74, 6) is 0.897. The molecule has 2 nitrogen and oxygen atoms in total. The average Bonchev–Trinajstić information content (AvgIpc) is 2.29. The van der Waals surface area contributed by atoms with E-state index in [4.69, 9.17) is 0 Å². The monoisotopic (exact) mass is 212 g/mol. The Kier molecular flexibility index (Phi) is 3.20. The molecule has 1 aromatic carbocycles. The summed E-state index contributed by atoms with van der Waals surface area (Å²) in [7, 11) is 0. The third kappa shape index (κ3) is 2.60. The van der Waals surface area contributed by atoms with Gasteiger partial charge in [-0.1, -0.05) is 19.1 Å². The van der Waals surface area contributed by atoms with E-state index in [2.05, 4.69) is 48.4 Å². The van der Waals surface area contributed by atoms with Gasteiger partial charge in [0.1, 0.15) is 5.82 Å². The first-order chi connectivity index (χ1) is 7.78. The topological polar surface area (TPSA) is 24.9 Å². The predicted molar refractivity (Wildman–Crippen MR) is 68.1 cm³/mol. The summed E-state index contributed by atoms with van der Waals surface area (Å²) >= 11 is 0. The molecule has 0 atom stereocenters. The molecule has 2 heteroatoms. The van der Waals surface area contributed by atoms with Crippen molar-refractivity contribution in [2.75, 3.05) is 5.32 Å². The Bertz CT molecular complexity index is 478. The minimum atomic E-state index is 0.897. The van der Waals surface area contributed by atoms with Crippen molar-refractivity contribution in [1.29, 1.82) is 0 Å². The zero-order valence-corrected chi connectivity index (χ0v) is 9.70. The third-order valence-electron chi connectivity index (χ3n) is 2.52. The van der Waals surface area contributed by atoms with Gasteiger partial charge in [-0.05, 0) is 48.7 Å². The molecule has 0 aliphatic carbocycles. The Morgan fingerprint density at radius 1 is 1.19 bits per heavy atom. The number of aryl methyl sites for hydroxylation is 2. The second-order valence-corrected chi connectivity index (χ2v) is 3.90. The van der Waals surface area contributed by atoms with Crippen LogP contribution in [0.1, 0.15) is 18.1 Å². The van der Waals surface area contributed by atoms with Crippen LogP contribution >= 0.6 is 0 Å². The van der Waals surface area contributed by atoms with Crippen molar-refractivity contribution >= 4 is 11.5 Å². The molecule has 2 rings (SSSR count). The van der Waals surface area contributed by atoms with E-state index < -0.39 is 0 Å². The minimum absolute atomic E-state index is 0.897. The maximum absolute atomic E-state index is 4.28. The number of rotatable bonds is 3. The predicted octanol–water partition coefficient (Wildman–Crippen LogP) is 3.70. The molecule has 1 aromatic heterocycles. The van der Waals surface area contributed by atoms with Crippen molar-refractivity contribution in [3.05, 3.63) is 53.7 Å². The Labute approximate surface area is 96.4 Å². The number of nitrogens with zero attached hydrogens (tertiary/aromatic N) is 1. The fourth-order valence-electron chi connectivity index (χ4n) is 1.62. The van der Waals surface area contributed by atoms with Gasteiger partial charge in [-0.15, -0.1) is 0 Å². The zero-order valence-electron chi connectivity index (χ0n) is 9.70. The van der Waals surface area contributed by atoms with Crippen LogP contribution in [0.4, 0.5) is 11.5 Å². The van der Waals surface area contributed by atoms with Crippen LogP contribution < -0.4 is 5.32 Å². The lowest BCUT2D eigenvalue weighted by molar-refractivity contribution is 1.14. The second-order valence-electron chi connectivity index (χ2n) is 3.90. The van der Waals surface area contributed by atoms with E-state index in [1.165, 1.54) is 11.1 Å². The molecule has 1 N–H and O–H groups in total. The van der Waals surface area contributed by atoms with Crippen LogP contribution in [0.15, 0.2) is 42.6 Å². The lowest BCUT2D eigenvalue weighted by Gasteiger charge is -2.07. The van der Waals surface area contributed by atoms with Gasteiger partial charge in [0.15, 0.2) is 0 Å². The Morgan fingerprint density at radius 3 is 2.81 bits per heavy atom. The summed E-state index contributed by atoms with van der Waals surface area (Å²) in [6.45, 7) is 4.22. The van der Waals surface area contributed by atoms with E-state index in [-0.39, 0.29) is 0 Å². The van der Waals surface area contributed by atoms with Gasteiger partial charge < -0.3 is 5.32 Å². The zero-order chi connectivity index (χ0) is 11.4. The van der Waals surface area contributed by atoms with E-state index >= 15 is 0 Å². The minimum Gasteiger partial charge on any atom is -0.340 e. The van der Waals surface area contributed by atoms with Crippen molar-refractivity contribution in [3.63, 3.8) is 0 Å². The van der Waals surface area contributed by atoms with Gasteiger partial charge in [0.05, 0.1) is 0 Å². The van der Waals surface area contributed by atoms with E-state index in [0.29, 0.717) is 0 Å². The van der Waals surface area contributed by atoms with Gasteiger partial charge in [0.2, 0.25) is 0 Å². The fraction of sp³-hybridized carbons (Fsp3) is 0.214. The van der Waals surface area contributed by atoms with Gasteiger partial charge in [-0.3, -0.25) is 0 Å². The van der Waals surface area contributed by atoms with Crippen LogP contribution in [0, 0.1) is 6.92 Å². The maximum atomic E-state index is 4.28. The third-order valence-corrected chi connectivity index (χ3v) is 2.52. The molecule has 0 saturated heterocycles. The van der Waals surface area contributed by atoms with Gasteiger partial charge in [0.25, 0.3) is 0 Å². The molecule has 0 radical (unpaired) electrons. The van der Waals surface area contributed by atoms with Crippen molar-refractivity contribution in [2.45, 2.75) is 20.3 Å². The molecular weight excluding hydrogens is 196 g/mol. The molecule has 82 valence electrons. The normalized spacial score (nSPS) is 10.1. The SMILES string of the molecule is CCc1cccc(Nc2cc(C)ccn2)c1. The summed E-state index contributed by atoms with van der Waals surface area (Å²) < 4.78 is 0. The number of anilines is 2. The number of benzene rings is 1. The van der Waals surface area contributed by atoms with Crippen LogP contribution in [0.3, 0.4) is 0 Å². The quantitative estimate of drug-likeness (QED) is 0.839. The number of aromatic nitrogens is 1. The molecule has 0 aliphatic rings. The van der Waals surface area contributed by atoms with Crippen molar-refractivity contribution in [3.8, 4) is 0 Å². The molecule has 2 aromatic rings. The molecule has 0 unspecified atom stereocenters. The Balaban J connectivity index is 2.20. The summed E-state index contributed by atoms with van der Waals surface area (Å²) in [5.41, 5.74) is 3.64. The highest BCUT2D eigenvalue weighted by molar-refractivity contribution is 5.57. The second kappa shape index (κ2) is 4.79. The molecule has 0 aliphatic heterocycles. The lowest BCUT2D eigenvalue weighted by atomic mass is 10.1. The standard InChI is InChI=1S/C14H16N2/c1-3-12-5-4-6-13(10-12)16-14-9-11(2)7-8-15-14/h4-10H,3H2,1-2H3,(H,15,16). The fourth-order valence-corrected chi connectivity index (χ4v) is 1.62. The molecule has 1 heterocycles.